The van der Waals surface area contributed by atoms with Crippen LogP contribution in [0.1, 0.15) is 5.69 Å². The third-order valence-corrected chi connectivity index (χ3v) is 3.45. The average Bonchev–Trinajstić information content (AvgIpc) is 3.05. The van der Waals surface area contributed by atoms with Gasteiger partial charge in [0.05, 0.1) is 0 Å². The molecule has 0 atom stereocenters. The molecule has 4 heterocycles. The Hall–Kier alpha value is -3.28. The van der Waals surface area contributed by atoms with Crippen LogP contribution in [0.25, 0.3) is 17.0 Å². The molecule has 0 aliphatic carbocycles. The van der Waals surface area contributed by atoms with Crippen molar-refractivity contribution in [2.24, 2.45) is 0 Å². The van der Waals surface area contributed by atoms with Gasteiger partial charge in [0.15, 0.2) is 5.82 Å². The zero-order chi connectivity index (χ0) is 15.6. The lowest BCUT2D eigenvalue weighted by Crippen LogP contribution is -2.04. The number of nitrogens with zero attached hydrogens (tertiary/aromatic N) is 5. The summed E-state index contributed by atoms with van der Waals surface area (Å²) in [6.07, 6.45) is 5.37. The number of hydrogen-bond donors (Lipinski definition) is 1. The second kappa shape index (κ2) is 5.49. The van der Waals surface area contributed by atoms with Crippen molar-refractivity contribution in [1.82, 2.24) is 24.6 Å². The molecule has 4 aromatic heterocycles. The molecule has 0 unspecified atom stereocenters. The molecule has 0 saturated heterocycles. The van der Waals surface area contributed by atoms with Crippen LogP contribution in [-0.4, -0.2) is 24.6 Å². The smallest absolute Gasteiger partial charge is 0.200 e. The van der Waals surface area contributed by atoms with Gasteiger partial charge in [0.25, 0.3) is 0 Å². The first-order valence-electron chi connectivity index (χ1n) is 7.26. The molecule has 6 heteroatoms. The van der Waals surface area contributed by atoms with E-state index >= 15 is 0 Å². The summed E-state index contributed by atoms with van der Waals surface area (Å²) in [5.74, 6) is 1.31. The number of anilines is 2. The molecule has 6 nitrogen and oxygen atoms in total. The number of rotatable bonds is 3. The van der Waals surface area contributed by atoms with E-state index in [1.807, 2.05) is 55.6 Å². The zero-order valence-electron chi connectivity index (χ0n) is 12.5. The second-order valence-electron chi connectivity index (χ2n) is 5.15. The van der Waals surface area contributed by atoms with Gasteiger partial charge in [0.1, 0.15) is 11.2 Å². The highest BCUT2D eigenvalue weighted by Crippen LogP contribution is 2.22. The van der Waals surface area contributed by atoms with Crippen molar-refractivity contribution in [1.29, 1.82) is 0 Å². The molecule has 4 rings (SSSR count). The molecule has 0 aromatic carbocycles. The first-order chi connectivity index (χ1) is 11.3. The summed E-state index contributed by atoms with van der Waals surface area (Å²) in [7, 11) is 0. The molecular weight excluding hydrogens is 288 g/mol. The number of hydrogen-bond acceptors (Lipinski definition) is 5. The van der Waals surface area contributed by atoms with Crippen LogP contribution in [0.15, 0.2) is 61.1 Å². The van der Waals surface area contributed by atoms with E-state index in [1.165, 1.54) is 0 Å². The van der Waals surface area contributed by atoms with E-state index in [9.17, 15) is 0 Å². The lowest BCUT2D eigenvalue weighted by Gasteiger charge is -2.09. The van der Waals surface area contributed by atoms with E-state index in [1.54, 1.807) is 16.9 Å². The minimum Gasteiger partial charge on any atom is -0.338 e. The lowest BCUT2D eigenvalue weighted by atomic mass is 10.3. The average molecular weight is 302 g/mol. The number of aryl methyl sites for hydroxylation is 1. The van der Waals surface area contributed by atoms with Gasteiger partial charge in [-0.2, -0.15) is 0 Å². The Morgan fingerprint density at radius 3 is 2.65 bits per heavy atom. The van der Waals surface area contributed by atoms with Crippen molar-refractivity contribution in [2.45, 2.75) is 6.92 Å². The summed E-state index contributed by atoms with van der Waals surface area (Å²) in [4.78, 5) is 13.2. The molecule has 112 valence electrons. The highest BCUT2D eigenvalue weighted by atomic mass is 15.3. The van der Waals surface area contributed by atoms with Crippen molar-refractivity contribution in [3.63, 3.8) is 0 Å². The summed E-state index contributed by atoms with van der Waals surface area (Å²) >= 11 is 0. The van der Waals surface area contributed by atoms with Gasteiger partial charge in [-0.3, -0.25) is 4.98 Å². The monoisotopic (exact) mass is 302 g/mol. The van der Waals surface area contributed by atoms with E-state index in [0.29, 0.717) is 5.82 Å². The van der Waals surface area contributed by atoms with Crippen molar-refractivity contribution in [2.75, 3.05) is 5.32 Å². The van der Waals surface area contributed by atoms with Crippen molar-refractivity contribution in [3.8, 4) is 11.5 Å². The molecule has 0 amide bonds. The Morgan fingerprint density at radius 2 is 1.83 bits per heavy atom. The quantitative estimate of drug-likeness (QED) is 0.629. The van der Waals surface area contributed by atoms with E-state index in [-0.39, 0.29) is 0 Å². The number of fused-ring (bicyclic) bond motifs is 1. The van der Waals surface area contributed by atoms with Crippen molar-refractivity contribution in [3.05, 3.63) is 66.7 Å². The molecule has 4 aromatic rings. The van der Waals surface area contributed by atoms with Crippen LogP contribution in [-0.2, 0) is 0 Å². The fourth-order valence-corrected chi connectivity index (χ4v) is 2.37. The molecule has 0 fully saturated rings. The first-order valence-corrected chi connectivity index (χ1v) is 7.26. The highest BCUT2D eigenvalue weighted by Gasteiger charge is 2.10. The number of nitrogens with one attached hydrogen (secondary N) is 1. The van der Waals surface area contributed by atoms with Gasteiger partial charge in [0, 0.05) is 30.0 Å². The third-order valence-electron chi connectivity index (χ3n) is 3.45. The van der Waals surface area contributed by atoms with Crippen LogP contribution < -0.4 is 5.32 Å². The van der Waals surface area contributed by atoms with Crippen LogP contribution in [0.3, 0.4) is 0 Å². The molecule has 1 N–H and O–H groups in total. The highest BCUT2D eigenvalue weighted by molar-refractivity contribution is 5.74. The maximum absolute atomic E-state index is 4.65. The second-order valence-corrected chi connectivity index (χ2v) is 5.15. The van der Waals surface area contributed by atoms with Gasteiger partial charge in [-0.25, -0.2) is 14.5 Å². The molecule has 0 aliphatic heterocycles. The van der Waals surface area contributed by atoms with E-state index in [2.05, 4.69) is 25.4 Å². The fraction of sp³-hybridized carbons (Fsp3) is 0.0588. The lowest BCUT2D eigenvalue weighted by molar-refractivity contribution is 0.908. The van der Waals surface area contributed by atoms with Crippen LogP contribution in [0, 0.1) is 6.92 Å². The van der Waals surface area contributed by atoms with Crippen LogP contribution in [0.5, 0.6) is 0 Å². The Kier molecular flexibility index (Phi) is 3.20. The van der Waals surface area contributed by atoms with Gasteiger partial charge in [0.2, 0.25) is 5.82 Å². The largest absolute Gasteiger partial charge is 0.338 e. The number of pyridine rings is 2. The molecular formula is C17H14N6. The zero-order valence-corrected chi connectivity index (χ0v) is 12.5. The molecule has 0 spiro atoms. The Morgan fingerprint density at radius 1 is 0.957 bits per heavy atom. The van der Waals surface area contributed by atoms with E-state index in [4.69, 9.17) is 0 Å². The summed E-state index contributed by atoms with van der Waals surface area (Å²) in [6.45, 7) is 1.95. The summed E-state index contributed by atoms with van der Waals surface area (Å²) in [5.41, 5.74) is 3.50. The fourth-order valence-electron chi connectivity index (χ4n) is 2.37. The standard InChI is InChI=1S/C17H14N6/c1-12-4-2-5-14(19-12)16-21-17(15-6-3-11-23(15)22-16)20-13-7-9-18-10-8-13/h2-11H,1H3,(H,18,20,21,22). The molecule has 0 bridgehead atoms. The third kappa shape index (κ3) is 2.62. The number of aromatic nitrogens is 5. The van der Waals surface area contributed by atoms with Crippen molar-refractivity contribution >= 4 is 17.0 Å². The first kappa shape index (κ1) is 13.4. The maximum Gasteiger partial charge on any atom is 0.200 e. The summed E-state index contributed by atoms with van der Waals surface area (Å²) in [5, 5.41) is 7.86. The maximum atomic E-state index is 4.65. The molecule has 0 radical (unpaired) electrons. The predicted octanol–water partition coefficient (Wildman–Crippen LogP) is 3.24. The van der Waals surface area contributed by atoms with Gasteiger partial charge in [-0.15, -0.1) is 5.10 Å². The Labute approximate surface area is 132 Å². The van der Waals surface area contributed by atoms with Gasteiger partial charge in [-0.05, 0) is 43.3 Å². The van der Waals surface area contributed by atoms with Crippen LogP contribution in [0.2, 0.25) is 0 Å². The van der Waals surface area contributed by atoms with Crippen LogP contribution in [0.4, 0.5) is 11.5 Å². The molecule has 23 heavy (non-hydrogen) atoms. The van der Waals surface area contributed by atoms with E-state index < -0.39 is 0 Å². The predicted molar refractivity (Wildman–Crippen MR) is 88.5 cm³/mol. The van der Waals surface area contributed by atoms with Gasteiger partial charge < -0.3 is 5.32 Å². The SMILES string of the molecule is Cc1cccc(-c2nc(Nc3ccncc3)c3cccn3n2)n1. The Balaban J connectivity index is 1.84. The summed E-state index contributed by atoms with van der Waals surface area (Å²) < 4.78 is 1.80. The van der Waals surface area contributed by atoms with E-state index in [0.717, 1.165) is 28.4 Å². The van der Waals surface area contributed by atoms with Crippen molar-refractivity contribution < 1.29 is 0 Å². The van der Waals surface area contributed by atoms with Gasteiger partial charge in [-0.1, -0.05) is 6.07 Å². The molecule has 0 saturated carbocycles. The summed E-state index contributed by atoms with van der Waals surface area (Å²) in [6, 6.07) is 13.5. The topological polar surface area (TPSA) is 68.0 Å². The minimum absolute atomic E-state index is 0.578. The molecule has 0 aliphatic rings. The normalized spacial score (nSPS) is 10.8. The van der Waals surface area contributed by atoms with Gasteiger partial charge >= 0.3 is 0 Å². The van der Waals surface area contributed by atoms with Crippen LogP contribution >= 0.6 is 0 Å². The minimum atomic E-state index is 0.578. The Bertz CT molecular complexity index is 961.